The molecular weight excluding hydrogens is 670 g/mol. The number of benzene rings is 4. The number of allylic oxidation sites excluding steroid dienone is 2. The van der Waals surface area contributed by atoms with E-state index >= 15 is 4.79 Å². The van der Waals surface area contributed by atoms with Crippen molar-refractivity contribution in [2.24, 2.45) is 23.7 Å². The first-order valence-corrected chi connectivity index (χ1v) is 17.9. The summed E-state index contributed by atoms with van der Waals surface area (Å²) in [4.78, 5) is 71.9. The van der Waals surface area contributed by atoms with Crippen LogP contribution in [0.4, 0.5) is 11.4 Å². The van der Waals surface area contributed by atoms with Gasteiger partial charge in [0, 0.05) is 11.5 Å². The average Bonchev–Trinajstić information content (AvgIpc) is 3.56. The number of Topliss-reactive ketones (excluding diaryl/α,β-unsaturated/α-hetero) is 1. The van der Waals surface area contributed by atoms with Gasteiger partial charge in [-0.3, -0.25) is 34.3 Å². The van der Waals surface area contributed by atoms with Gasteiger partial charge < -0.3 is 9.84 Å². The fourth-order valence-electron chi connectivity index (χ4n) is 9.14. The summed E-state index contributed by atoms with van der Waals surface area (Å²) in [5, 5.41) is 10.5. The first-order valence-electron chi connectivity index (χ1n) is 17.9. The molecule has 2 aliphatic carbocycles. The Hall–Kier alpha value is -5.87. The number of nitrogens with zero attached hydrogens (tertiary/aromatic N) is 2. The van der Waals surface area contributed by atoms with Gasteiger partial charge in [-0.1, -0.05) is 71.8 Å². The number of fused-ring (bicyclic) bond motifs is 4. The van der Waals surface area contributed by atoms with Crippen molar-refractivity contribution in [1.82, 2.24) is 5.01 Å². The van der Waals surface area contributed by atoms with Crippen molar-refractivity contribution < 1.29 is 33.8 Å². The molecule has 0 spiro atoms. The zero-order valence-electron chi connectivity index (χ0n) is 29.4. The third kappa shape index (κ3) is 5.39. The van der Waals surface area contributed by atoms with Crippen LogP contribution < -0.4 is 15.1 Å². The second-order valence-corrected chi connectivity index (χ2v) is 14.3. The van der Waals surface area contributed by atoms with Crippen molar-refractivity contribution in [1.29, 1.82) is 0 Å². The zero-order valence-corrected chi connectivity index (χ0v) is 29.4. The number of aliphatic hydroxyl groups excluding tert-OH is 1. The minimum Gasteiger partial charge on any atom is -0.491 e. The summed E-state index contributed by atoms with van der Waals surface area (Å²) in [6, 6.07) is 30.6. The van der Waals surface area contributed by atoms with E-state index in [1.54, 1.807) is 36.4 Å². The number of nitrogens with one attached hydrogen (secondary N) is 1. The van der Waals surface area contributed by atoms with Gasteiger partial charge in [0.15, 0.2) is 5.78 Å². The van der Waals surface area contributed by atoms with E-state index in [9.17, 15) is 24.3 Å². The van der Waals surface area contributed by atoms with Gasteiger partial charge in [0.2, 0.25) is 11.8 Å². The SMILES string of the molecule is CC(=O)c1ccc(N2C(=O)C3CC=C4C(CC5C(=O)N(Nc6ccc(C)cc6)C(=O)C5(c5ccccc5)C4c4ccc(OCCO)cc4)C3C2=O)cc1. The van der Waals surface area contributed by atoms with E-state index in [0.717, 1.165) is 21.7 Å². The molecule has 10 heteroatoms. The molecule has 0 aromatic heterocycles. The van der Waals surface area contributed by atoms with Crippen LogP contribution in [0.15, 0.2) is 115 Å². The minimum atomic E-state index is -1.38. The molecule has 4 aromatic carbocycles. The monoisotopic (exact) mass is 709 g/mol. The second kappa shape index (κ2) is 13.3. The Bertz CT molecular complexity index is 2150. The molecule has 268 valence electrons. The van der Waals surface area contributed by atoms with Crippen molar-refractivity contribution in [3.8, 4) is 5.75 Å². The van der Waals surface area contributed by atoms with E-state index in [4.69, 9.17) is 4.74 Å². The summed E-state index contributed by atoms with van der Waals surface area (Å²) in [5.41, 5.74) is 6.52. The highest BCUT2D eigenvalue weighted by atomic mass is 16.5. The van der Waals surface area contributed by atoms with Crippen LogP contribution in [0.25, 0.3) is 0 Å². The van der Waals surface area contributed by atoms with Gasteiger partial charge in [-0.05, 0) is 92.3 Å². The van der Waals surface area contributed by atoms with E-state index in [2.05, 4.69) is 5.43 Å². The first-order chi connectivity index (χ1) is 25.6. The fraction of sp³-hybridized carbons (Fsp3) is 0.279. The topological polar surface area (TPSA) is 133 Å². The molecule has 53 heavy (non-hydrogen) atoms. The quantitative estimate of drug-likeness (QED) is 0.127. The van der Waals surface area contributed by atoms with E-state index in [0.29, 0.717) is 34.7 Å². The lowest BCUT2D eigenvalue weighted by Crippen LogP contribution is -2.53. The number of hydrogen-bond acceptors (Lipinski definition) is 8. The molecule has 6 unspecified atom stereocenters. The number of carbonyl (C=O) groups excluding carboxylic acids is 5. The number of anilines is 2. The van der Waals surface area contributed by atoms with Crippen molar-refractivity contribution in [2.75, 3.05) is 23.5 Å². The number of aliphatic hydroxyl groups is 1. The summed E-state index contributed by atoms with van der Waals surface area (Å²) in [7, 11) is 0. The Labute approximate surface area is 307 Å². The van der Waals surface area contributed by atoms with Crippen LogP contribution in [0, 0.1) is 30.6 Å². The molecule has 2 aliphatic heterocycles. The van der Waals surface area contributed by atoms with Gasteiger partial charge in [0.05, 0.1) is 41.2 Å². The number of rotatable bonds is 9. The Kier molecular flexibility index (Phi) is 8.57. The number of imide groups is 2. The van der Waals surface area contributed by atoms with E-state index in [1.165, 1.54) is 11.8 Å². The number of carbonyl (C=O) groups is 5. The molecule has 4 aliphatic rings. The van der Waals surface area contributed by atoms with Crippen LogP contribution in [-0.4, -0.2) is 52.7 Å². The van der Waals surface area contributed by atoms with Crippen LogP contribution in [-0.2, 0) is 24.6 Å². The van der Waals surface area contributed by atoms with Gasteiger partial charge in [-0.15, -0.1) is 0 Å². The van der Waals surface area contributed by atoms with E-state index in [-0.39, 0.29) is 37.2 Å². The number of aryl methyl sites for hydroxylation is 1. The van der Waals surface area contributed by atoms with Crippen molar-refractivity contribution in [2.45, 2.75) is 38.0 Å². The lowest BCUT2D eigenvalue weighted by atomic mass is 9.49. The summed E-state index contributed by atoms with van der Waals surface area (Å²) in [5.74, 6) is -4.50. The van der Waals surface area contributed by atoms with E-state index in [1.807, 2.05) is 79.7 Å². The Balaban J connectivity index is 1.27. The molecule has 2 saturated heterocycles. The molecule has 10 nitrogen and oxygen atoms in total. The van der Waals surface area contributed by atoms with Crippen LogP contribution in [0.2, 0.25) is 0 Å². The van der Waals surface area contributed by atoms with Crippen LogP contribution in [0.1, 0.15) is 52.7 Å². The van der Waals surface area contributed by atoms with Crippen molar-refractivity contribution >= 4 is 40.8 Å². The highest BCUT2D eigenvalue weighted by Crippen LogP contribution is 2.64. The molecular formula is C43H39N3O7. The molecule has 4 aromatic rings. The number of hydrogen-bond donors (Lipinski definition) is 2. The van der Waals surface area contributed by atoms with Crippen LogP contribution in [0.5, 0.6) is 5.75 Å². The van der Waals surface area contributed by atoms with Gasteiger partial charge in [-0.2, -0.15) is 5.01 Å². The summed E-state index contributed by atoms with van der Waals surface area (Å²) in [6.07, 6.45) is 2.50. The third-order valence-electron chi connectivity index (χ3n) is 11.5. The molecule has 0 radical (unpaired) electrons. The molecule has 3 fully saturated rings. The van der Waals surface area contributed by atoms with Gasteiger partial charge in [-0.25, -0.2) is 0 Å². The van der Waals surface area contributed by atoms with Crippen LogP contribution >= 0.6 is 0 Å². The Morgan fingerprint density at radius 2 is 1.55 bits per heavy atom. The largest absolute Gasteiger partial charge is 0.491 e. The third-order valence-corrected chi connectivity index (χ3v) is 11.5. The molecule has 0 bridgehead atoms. The number of hydrazine groups is 1. The first kappa shape index (κ1) is 34.2. The standard InChI is InChI=1S/C43H39N3O7/c1-25-8-14-30(15-9-25)44-46-40(50)36-24-35-33(20-21-34-37(35)41(51)45(39(34)49)31-16-10-27(11-17-31)26(2)48)38(28-12-18-32(19-13-28)53-23-22-47)43(36,42(46)52)29-6-4-3-5-7-29/h3-20,34-38,44,47H,21-24H2,1-2H3. The highest BCUT2D eigenvalue weighted by Gasteiger charge is 2.70. The summed E-state index contributed by atoms with van der Waals surface area (Å²) >= 11 is 0. The minimum absolute atomic E-state index is 0.117. The summed E-state index contributed by atoms with van der Waals surface area (Å²) in [6.45, 7) is 3.39. The molecule has 1 saturated carbocycles. The number of ketones is 1. The van der Waals surface area contributed by atoms with E-state index < -0.39 is 46.8 Å². The Morgan fingerprint density at radius 1 is 0.849 bits per heavy atom. The van der Waals surface area contributed by atoms with Crippen LogP contribution in [0.3, 0.4) is 0 Å². The molecule has 2 heterocycles. The maximum atomic E-state index is 15.3. The van der Waals surface area contributed by atoms with Crippen molar-refractivity contribution in [3.05, 3.63) is 137 Å². The highest BCUT2D eigenvalue weighted by molar-refractivity contribution is 6.22. The van der Waals surface area contributed by atoms with Gasteiger partial charge in [0.25, 0.3) is 11.8 Å². The van der Waals surface area contributed by atoms with Gasteiger partial charge >= 0.3 is 0 Å². The predicted molar refractivity (Wildman–Crippen MR) is 197 cm³/mol. The maximum Gasteiger partial charge on any atom is 0.260 e. The molecule has 2 N–H and O–H groups in total. The summed E-state index contributed by atoms with van der Waals surface area (Å²) < 4.78 is 5.68. The number of ether oxygens (including phenoxy) is 1. The fourth-order valence-corrected chi connectivity index (χ4v) is 9.14. The zero-order chi connectivity index (χ0) is 37.0. The molecule has 8 rings (SSSR count). The molecule has 6 atom stereocenters. The second-order valence-electron chi connectivity index (χ2n) is 14.3. The predicted octanol–water partition coefficient (Wildman–Crippen LogP) is 5.76. The lowest BCUT2D eigenvalue weighted by Gasteiger charge is -2.50. The lowest BCUT2D eigenvalue weighted by molar-refractivity contribution is -0.138. The smallest absolute Gasteiger partial charge is 0.260 e. The molecule has 4 amide bonds. The Morgan fingerprint density at radius 3 is 2.21 bits per heavy atom. The van der Waals surface area contributed by atoms with Gasteiger partial charge in [0.1, 0.15) is 12.4 Å². The normalized spacial score (nSPS) is 26.2. The maximum absolute atomic E-state index is 15.3. The number of amides is 4. The average molecular weight is 710 g/mol. The van der Waals surface area contributed by atoms with Crippen molar-refractivity contribution in [3.63, 3.8) is 0 Å².